The fourth-order valence-corrected chi connectivity index (χ4v) is 1.49. The van der Waals surface area contributed by atoms with E-state index in [1.54, 1.807) is 42.5 Å². The number of carbonyl (C=O) groups is 1. The Morgan fingerprint density at radius 3 is 1.73 bits per heavy atom. The van der Waals surface area contributed by atoms with E-state index in [-0.39, 0.29) is 17.2 Å². The fraction of sp³-hybridized carbons (Fsp3) is 0.0625. The summed E-state index contributed by atoms with van der Waals surface area (Å²) in [6.07, 6.45) is 3.60. The first-order valence-electron chi connectivity index (χ1n) is 6.23. The standard InChI is InChI=1S/C14H12O3.C2H4O3/c15-12-5-3-10(4-6-12)1-2-11-7-13(16)9-14(17)8-11;3-1-2(4)5/h1-9,15-17H;3H,1H2,(H,4,5). The molecule has 0 radical (unpaired) electrons. The van der Waals surface area contributed by atoms with Crippen LogP contribution in [0.5, 0.6) is 17.2 Å². The van der Waals surface area contributed by atoms with E-state index >= 15 is 0 Å². The number of aromatic hydroxyl groups is 3. The van der Waals surface area contributed by atoms with Crippen LogP contribution in [-0.4, -0.2) is 38.1 Å². The molecular weight excluding hydrogens is 288 g/mol. The first-order chi connectivity index (χ1) is 10.4. The molecule has 0 aliphatic heterocycles. The zero-order chi connectivity index (χ0) is 16.5. The Hall–Kier alpha value is -2.99. The average molecular weight is 304 g/mol. The number of carboxylic acids is 1. The Kier molecular flexibility index (Phi) is 6.46. The van der Waals surface area contributed by atoms with E-state index in [1.165, 1.54) is 6.07 Å². The third kappa shape index (κ3) is 6.44. The molecule has 0 saturated heterocycles. The van der Waals surface area contributed by atoms with Crippen molar-refractivity contribution in [1.29, 1.82) is 0 Å². The lowest BCUT2D eigenvalue weighted by Crippen LogP contribution is -1.98. The van der Waals surface area contributed by atoms with E-state index in [0.29, 0.717) is 5.56 Å². The van der Waals surface area contributed by atoms with Gasteiger partial charge in [-0.3, -0.25) is 0 Å². The molecule has 0 saturated carbocycles. The predicted molar refractivity (Wildman–Crippen MR) is 81.5 cm³/mol. The summed E-state index contributed by atoms with van der Waals surface area (Å²) in [5, 5.41) is 42.7. The number of aliphatic carboxylic acids is 1. The zero-order valence-corrected chi connectivity index (χ0v) is 11.5. The van der Waals surface area contributed by atoms with Gasteiger partial charge in [-0.1, -0.05) is 24.3 Å². The molecule has 5 N–H and O–H groups in total. The van der Waals surface area contributed by atoms with Gasteiger partial charge in [0.2, 0.25) is 0 Å². The van der Waals surface area contributed by atoms with E-state index in [9.17, 15) is 10.2 Å². The molecule has 0 aliphatic carbocycles. The SMILES string of the molecule is O=C(O)CO.Oc1ccc(C=Cc2cc(O)cc(O)c2)cc1. The Morgan fingerprint density at radius 1 is 0.818 bits per heavy atom. The Labute approximate surface area is 126 Å². The van der Waals surface area contributed by atoms with Crippen LogP contribution in [-0.2, 0) is 4.79 Å². The van der Waals surface area contributed by atoms with E-state index in [1.807, 2.05) is 6.08 Å². The highest BCUT2D eigenvalue weighted by molar-refractivity contribution is 5.71. The van der Waals surface area contributed by atoms with Crippen molar-refractivity contribution in [1.82, 2.24) is 0 Å². The molecule has 0 amide bonds. The fourth-order valence-electron chi connectivity index (χ4n) is 1.49. The molecule has 0 aliphatic rings. The van der Waals surface area contributed by atoms with Gasteiger partial charge < -0.3 is 25.5 Å². The van der Waals surface area contributed by atoms with E-state index in [4.69, 9.17) is 20.1 Å². The number of aliphatic hydroxyl groups excluding tert-OH is 1. The molecule has 0 aromatic heterocycles. The smallest absolute Gasteiger partial charge is 0.329 e. The molecule has 116 valence electrons. The summed E-state index contributed by atoms with van der Waals surface area (Å²) in [6, 6.07) is 11.1. The minimum atomic E-state index is -1.19. The molecule has 22 heavy (non-hydrogen) atoms. The largest absolute Gasteiger partial charge is 0.508 e. The van der Waals surface area contributed by atoms with Gasteiger partial charge in [0.1, 0.15) is 23.9 Å². The van der Waals surface area contributed by atoms with Crippen molar-refractivity contribution < 1.29 is 30.3 Å². The van der Waals surface area contributed by atoms with Crippen LogP contribution in [0.4, 0.5) is 0 Å². The second-order valence-electron chi connectivity index (χ2n) is 4.26. The minimum absolute atomic E-state index is 0.0235. The number of aliphatic hydroxyl groups is 1. The molecule has 0 fully saturated rings. The molecule has 2 aromatic rings. The highest BCUT2D eigenvalue weighted by Gasteiger charge is 1.95. The number of rotatable bonds is 3. The molecule has 0 heterocycles. The van der Waals surface area contributed by atoms with Crippen molar-refractivity contribution in [2.75, 3.05) is 6.61 Å². The van der Waals surface area contributed by atoms with Gasteiger partial charge >= 0.3 is 5.97 Å². The zero-order valence-electron chi connectivity index (χ0n) is 11.5. The van der Waals surface area contributed by atoms with Gasteiger partial charge in [-0.2, -0.15) is 0 Å². The molecule has 6 heteroatoms. The summed E-state index contributed by atoms with van der Waals surface area (Å²) in [5.41, 5.74) is 1.63. The van der Waals surface area contributed by atoms with E-state index in [2.05, 4.69) is 0 Å². The topological polar surface area (TPSA) is 118 Å². The van der Waals surface area contributed by atoms with E-state index in [0.717, 1.165) is 5.56 Å². The molecule has 0 bridgehead atoms. The van der Waals surface area contributed by atoms with Gasteiger partial charge in [-0.15, -0.1) is 0 Å². The van der Waals surface area contributed by atoms with Crippen LogP contribution in [0.15, 0.2) is 42.5 Å². The van der Waals surface area contributed by atoms with Crippen molar-refractivity contribution in [3.05, 3.63) is 53.6 Å². The summed E-state index contributed by atoms with van der Waals surface area (Å²) >= 11 is 0. The molecule has 6 nitrogen and oxygen atoms in total. The van der Waals surface area contributed by atoms with Crippen molar-refractivity contribution in [3.63, 3.8) is 0 Å². The van der Waals surface area contributed by atoms with Crippen LogP contribution in [0.3, 0.4) is 0 Å². The van der Waals surface area contributed by atoms with Gasteiger partial charge in [0, 0.05) is 6.07 Å². The molecule has 0 spiro atoms. The van der Waals surface area contributed by atoms with Crippen LogP contribution in [0, 0.1) is 0 Å². The van der Waals surface area contributed by atoms with Crippen LogP contribution in [0.25, 0.3) is 12.2 Å². The van der Waals surface area contributed by atoms with Gasteiger partial charge in [0.05, 0.1) is 0 Å². The third-order valence-electron chi connectivity index (χ3n) is 2.42. The number of hydrogen-bond acceptors (Lipinski definition) is 5. The summed E-state index contributed by atoms with van der Waals surface area (Å²) in [6.45, 7) is -0.778. The summed E-state index contributed by atoms with van der Waals surface area (Å²) in [4.78, 5) is 9.12. The summed E-state index contributed by atoms with van der Waals surface area (Å²) < 4.78 is 0. The maximum atomic E-state index is 9.30. The number of carboxylic acid groups (broad SMARTS) is 1. The first-order valence-corrected chi connectivity index (χ1v) is 6.23. The average Bonchev–Trinajstić information content (AvgIpc) is 2.46. The predicted octanol–water partition coefficient (Wildman–Crippen LogP) is 2.04. The molecular formula is C16H16O6. The minimum Gasteiger partial charge on any atom is -0.508 e. The normalized spacial score (nSPS) is 10.0. The van der Waals surface area contributed by atoms with Crippen LogP contribution >= 0.6 is 0 Å². The van der Waals surface area contributed by atoms with Crippen LogP contribution in [0.1, 0.15) is 11.1 Å². The van der Waals surface area contributed by atoms with E-state index < -0.39 is 12.6 Å². The lowest BCUT2D eigenvalue weighted by atomic mass is 10.1. The molecule has 2 aromatic carbocycles. The molecule has 0 atom stereocenters. The van der Waals surface area contributed by atoms with Gasteiger partial charge in [-0.25, -0.2) is 4.79 Å². The number of phenolic OH excluding ortho intramolecular Hbond substituents is 3. The lowest BCUT2D eigenvalue weighted by molar-refractivity contribution is -0.140. The lowest BCUT2D eigenvalue weighted by Gasteiger charge is -1.98. The second kappa shape index (κ2) is 8.33. The maximum absolute atomic E-state index is 9.30. The summed E-state index contributed by atoms with van der Waals surface area (Å²) in [7, 11) is 0. The Bertz CT molecular complexity index is 626. The van der Waals surface area contributed by atoms with Crippen molar-refractivity contribution in [2.24, 2.45) is 0 Å². The van der Waals surface area contributed by atoms with Crippen LogP contribution in [0.2, 0.25) is 0 Å². The second-order valence-corrected chi connectivity index (χ2v) is 4.26. The number of phenols is 3. The van der Waals surface area contributed by atoms with Crippen LogP contribution < -0.4 is 0 Å². The molecule has 2 rings (SSSR count). The highest BCUT2D eigenvalue weighted by atomic mass is 16.4. The molecule has 0 unspecified atom stereocenters. The van der Waals surface area contributed by atoms with Gasteiger partial charge in [0.25, 0.3) is 0 Å². The summed E-state index contributed by atoms with van der Waals surface area (Å²) in [5.74, 6) is -0.923. The Morgan fingerprint density at radius 2 is 1.27 bits per heavy atom. The highest BCUT2D eigenvalue weighted by Crippen LogP contribution is 2.22. The number of hydrogen-bond donors (Lipinski definition) is 5. The quantitative estimate of drug-likeness (QED) is 0.554. The monoisotopic (exact) mass is 304 g/mol. The number of benzene rings is 2. The van der Waals surface area contributed by atoms with Crippen molar-refractivity contribution in [3.8, 4) is 17.2 Å². The van der Waals surface area contributed by atoms with Gasteiger partial charge in [0.15, 0.2) is 0 Å². The maximum Gasteiger partial charge on any atom is 0.329 e. The third-order valence-corrected chi connectivity index (χ3v) is 2.42. The van der Waals surface area contributed by atoms with Crippen molar-refractivity contribution >= 4 is 18.1 Å². The van der Waals surface area contributed by atoms with Crippen molar-refractivity contribution in [2.45, 2.75) is 0 Å². The van der Waals surface area contributed by atoms with Gasteiger partial charge in [-0.05, 0) is 35.4 Å². The Balaban J connectivity index is 0.000000422. The first kappa shape index (κ1) is 17.1.